The molecular formula is C14H27NS. The quantitative estimate of drug-likeness (QED) is 0.709. The third kappa shape index (κ3) is 5.40. The van der Waals surface area contributed by atoms with Crippen LogP contribution in [0.5, 0.6) is 0 Å². The maximum absolute atomic E-state index is 3.48. The topological polar surface area (TPSA) is 12.0 Å². The van der Waals surface area contributed by atoms with Crippen molar-refractivity contribution in [2.45, 2.75) is 52.0 Å². The van der Waals surface area contributed by atoms with Gasteiger partial charge in [0.1, 0.15) is 0 Å². The molecule has 1 nitrogen and oxygen atoms in total. The monoisotopic (exact) mass is 241 g/mol. The molecule has 16 heavy (non-hydrogen) atoms. The van der Waals surface area contributed by atoms with Gasteiger partial charge in [0.15, 0.2) is 0 Å². The third-order valence-electron chi connectivity index (χ3n) is 3.11. The normalized spacial score (nSPS) is 19.4. The molecule has 94 valence electrons. The summed E-state index contributed by atoms with van der Waals surface area (Å²) in [4.78, 5) is 0. The Morgan fingerprint density at radius 1 is 1.25 bits per heavy atom. The lowest BCUT2D eigenvalue weighted by Gasteiger charge is -2.19. The Morgan fingerprint density at radius 3 is 2.75 bits per heavy atom. The summed E-state index contributed by atoms with van der Waals surface area (Å²) in [6, 6.07) is 0.613. The van der Waals surface area contributed by atoms with Crippen LogP contribution in [0, 0.1) is 5.92 Å². The van der Waals surface area contributed by atoms with E-state index in [1.54, 1.807) is 5.57 Å². The number of hydrogen-bond donors (Lipinski definition) is 1. The van der Waals surface area contributed by atoms with Crippen LogP contribution < -0.4 is 5.32 Å². The average molecular weight is 241 g/mol. The molecule has 0 fully saturated rings. The number of likely N-dealkylation sites (N-methyl/N-ethyl adjacent to an activating group) is 1. The fraction of sp³-hybridized carbons (Fsp3) is 0.857. The van der Waals surface area contributed by atoms with Gasteiger partial charge >= 0.3 is 0 Å². The van der Waals surface area contributed by atoms with Crippen LogP contribution in [0.1, 0.15) is 46.0 Å². The Labute approximate surface area is 105 Å². The molecule has 0 amide bonds. The molecule has 2 heteroatoms. The summed E-state index contributed by atoms with van der Waals surface area (Å²) in [6.45, 7) is 4.60. The minimum absolute atomic E-state index is 0.613. The largest absolute Gasteiger partial charge is 0.313 e. The maximum Gasteiger partial charge on any atom is 0.0368 e. The molecule has 0 aromatic rings. The minimum Gasteiger partial charge on any atom is -0.313 e. The van der Waals surface area contributed by atoms with Crippen molar-refractivity contribution >= 4 is 11.8 Å². The van der Waals surface area contributed by atoms with Crippen molar-refractivity contribution in [2.24, 2.45) is 5.92 Å². The zero-order chi connectivity index (χ0) is 11.8. The van der Waals surface area contributed by atoms with E-state index >= 15 is 0 Å². The molecular weight excluding hydrogens is 214 g/mol. The summed E-state index contributed by atoms with van der Waals surface area (Å²) in [5, 5.41) is 3.48. The fourth-order valence-electron chi connectivity index (χ4n) is 2.15. The summed E-state index contributed by atoms with van der Waals surface area (Å²) < 4.78 is 0. The molecule has 1 N–H and O–H groups in total. The zero-order valence-electron chi connectivity index (χ0n) is 11.1. The van der Waals surface area contributed by atoms with E-state index in [2.05, 4.69) is 44.0 Å². The molecule has 0 heterocycles. The van der Waals surface area contributed by atoms with E-state index in [0.29, 0.717) is 6.04 Å². The van der Waals surface area contributed by atoms with Crippen LogP contribution in [0.2, 0.25) is 0 Å². The number of rotatable bonds is 6. The second-order valence-corrected chi connectivity index (χ2v) is 6.23. The first-order chi connectivity index (χ1) is 7.74. The first-order valence-electron chi connectivity index (χ1n) is 6.68. The molecule has 1 aliphatic carbocycles. The zero-order valence-corrected chi connectivity index (χ0v) is 11.9. The number of allylic oxidation sites excluding steroid dienone is 1. The van der Waals surface area contributed by atoms with Gasteiger partial charge < -0.3 is 5.32 Å². The lowest BCUT2D eigenvalue weighted by molar-refractivity contribution is 0.644. The van der Waals surface area contributed by atoms with Crippen molar-refractivity contribution in [2.75, 3.05) is 18.6 Å². The average Bonchev–Trinajstić information content (AvgIpc) is 2.52. The molecule has 0 aromatic carbocycles. The fourth-order valence-corrected chi connectivity index (χ4v) is 3.38. The van der Waals surface area contributed by atoms with Crippen LogP contribution in [0.25, 0.3) is 0 Å². The van der Waals surface area contributed by atoms with E-state index in [4.69, 9.17) is 0 Å². The molecule has 0 saturated heterocycles. The van der Waals surface area contributed by atoms with E-state index in [0.717, 1.165) is 5.92 Å². The van der Waals surface area contributed by atoms with Crippen LogP contribution in [-0.2, 0) is 0 Å². The van der Waals surface area contributed by atoms with E-state index in [1.165, 1.54) is 43.6 Å². The van der Waals surface area contributed by atoms with Gasteiger partial charge in [-0.1, -0.05) is 31.9 Å². The highest BCUT2D eigenvalue weighted by Gasteiger charge is 2.13. The van der Waals surface area contributed by atoms with Gasteiger partial charge in [-0.3, -0.25) is 0 Å². The van der Waals surface area contributed by atoms with Crippen molar-refractivity contribution in [1.29, 1.82) is 0 Å². The predicted molar refractivity (Wildman–Crippen MR) is 76.2 cm³/mol. The van der Waals surface area contributed by atoms with Crippen molar-refractivity contribution < 1.29 is 0 Å². The molecule has 0 saturated carbocycles. The summed E-state index contributed by atoms with van der Waals surface area (Å²) >= 11 is 2.09. The Morgan fingerprint density at radius 2 is 2.06 bits per heavy atom. The number of thioether (sulfide) groups is 1. The van der Waals surface area contributed by atoms with Crippen LogP contribution >= 0.6 is 11.8 Å². The summed E-state index contributed by atoms with van der Waals surface area (Å²) in [7, 11) is 2.10. The highest BCUT2D eigenvalue weighted by Crippen LogP contribution is 2.22. The van der Waals surface area contributed by atoms with Crippen molar-refractivity contribution in [3.05, 3.63) is 11.6 Å². The second-order valence-electron chi connectivity index (χ2n) is 5.15. The summed E-state index contributed by atoms with van der Waals surface area (Å²) in [5.41, 5.74) is 1.66. The van der Waals surface area contributed by atoms with Gasteiger partial charge in [0.05, 0.1) is 0 Å². The highest BCUT2D eigenvalue weighted by atomic mass is 32.2. The predicted octanol–water partition coefficient (Wildman–Crippen LogP) is 3.85. The summed E-state index contributed by atoms with van der Waals surface area (Å²) in [6.07, 6.45) is 9.29. The molecule has 1 aliphatic rings. The summed E-state index contributed by atoms with van der Waals surface area (Å²) in [5.74, 6) is 3.33. The smallest absolute Gasteiger partial charge is 0.0368 e. The highest BCUT2D eigenvalue weighted by molar-refractivity contribution is 7.99. The van der Waals surface area contributed by atoms with Crippen molar-refractivity contribution in [3.8, 4) is 0 Å². The van der Waals surface area contributed by atoms with E-state index in [9.17, 15) is 0 Å². The van der Waals surface area contributed by atoms with Crippen molar-refractivity contribution in [3.63, 3.8) is 0 Å². The van der Waals surface area contributed by atoms with Gasteiger partial charge in [-0.05, 0) is 44.4 Å². The number of hydrogen-bond acceptors (Lipinski definition) is 2. The Hall–Kier alpha value is 0.0500. The lowest BCUT2D eigenvalue weighted by atomic mass is 10.0. The molecule has 1 rings (SSSR count). The molecule has 0 aliphatic heterocycles. The minimum atomic E-state index is 0.613. The van der Waals surface area contributed by atoms with Crippen LogP contribution in [-0.4, -0.2) is 24.6 Å². The number of nitrogens with one attached hydrogen (secondary N) is 1. The van der Waals surface area contributed by atoms with Crippen molar-refractivity contribution in [1.82, 2.24) is 5.32 Å². The van der Waals surface area contributed by atoms with Gasteiger partial charge in [-0.15, -0.1) is 0 Å². The first kappa shape index (κ1) is 14.1. The molecule has 1 unspecified atom stereocenters. The molecule has 1 atom stereocenters. The van der Waals surface area contributed by atoms with Gasteiger partial charge in [0.2, 0.25) is 0 Å². The first-order valence-corrected chi connectivity index (χ1v) is 7.83. The molecule has 0 radical (unpaired) electrons. The maximum atomic E-state index is 3.48. The van der Waals surface area contributed by atoms with Gasteiger partial charge in [0, 0.05) is 11.8 Å². The van der Waals surface area contributed by atoms with E-state index in [-0.39, 0.29) is 0 Å². The Bertz CT molecular complexity index is 211. The van der Waals surface area contributed by atoms with E-state index in [1.807, 2.05) is 0 Å². The standard InChI is InChI=1S/C14H27NS/c1-12(2)10-16-11-14(15-3)13-8-6-4-5-7-9-13/h8,12,14-15H,4-7,9-11H2,1-3H3. The van der Waals surface area contributed by atoms with Gasteiger partial charge in [-0.2, -0.15) is 11.8 Å². The molecule has 0 aromatic heterocycles. The molecule has 0 bridgehead atoms. The van der Waals surface area contributed by atoms with Crippen LogP contribution in [0.3, 0.4) is 0 Å². The lowest BCUT2D eigenvalue weighted by Crippen LogP contribution is -2.30. The third-order valence-corrected chi connectivity index (χ3v) is 4.58. The Balaban J connectivity index is 2.36. The van der Waals surface area contributed by atoms with Gasteiger partial charge in [-0.25, -0.2) is 0 Å². The Kier molecular flexibility index (Phi) is 7.22. The molecule has 0 spiro atoms. The van der Waals surface area contributed by atoms with Crippen LogP contribution in [0.4, 0.5) is 0 Å². The van der Waals surface area contributed by atoms with Gasteiger partial charge in [0.25, 0.3) is 0 Å². The SMILES string of the molecule is CNC(CSCC(C)C)C1=CCCCCC1. The van der Waals surface area contributed by atoms with Crippen LogP contribution in [0.15, 0.2) is 11.6 Å². The second kappa shape index (κ2) is 8.19. The van der Waals surface area contributed by atoms with E-state index < -0.39 is 0 Å².